The molecule has 2 fully saturated rings. The second-order valence-electron chi connectivity index (χ2n) is 10.3. The first kappa shape index (κ1) is 27.4. The summed E-state index contributed by atoms with van der Waals surface area (Å²) in [6.45, 7) is 9.44. The summed E-state index contributed by atoms with van der Waals surface area (Å²) >= 11 is 6.35. The van der Waals surface area contributed by atoms with E-state index in [-0.39, 0.29) is 30.9 Å². The molecule has 200 valence electrons. The number of carbonyl (C=O) groups excluding carboxylic acids is 2. The number of piperidine rings is 1. The molecule has 3 heterocycles. The van der Waals surface area contributed by atoms with Crippen molar-refractivity contribution in [1.29, 1.82) is 0 Å². The quantitative estimate of drug-likeness (QED) is 0.564. The van der Waals surface area contributed by atoms with Crippen LogP contribution in [-0.2, 0) is 20.9 Å². The zero-order chi connectivity index (χ0) is 26.4. The van der Waals surface area contributed by atoms with Crippen LogP contribution in [0, 0.1) is 13.8 Å². The molecule has 2 aliphatic rings. The summed E-state index contributed by atoms with van der Waals surface area (Å²) in [4.78, 5) is 33.5. The van der Waals surface area contributed by atoms with Gasteiger partial charge in [-0.2, -0.15) is 0 Å². The maximum absolute atomic E-state index is 13.5. The number of pyridine rings is 1. The fourth-order valence-electron chi connectivity index (χ4n) is 5.18. The van der Waals surface area contributed by atoms with Crippen molar-refractivity contribution in [3.8, 4) is 5.75 Å². The van der Waals surface area contributed by atoms with Crippen LogP contribution in [0.15, 0.2) is 36.5 Å². The van der Waals surface area contributed by atoms with Crippen molar-refractivity contribution < 1.29 is 19.1 Å². The third-order valence-electron chi connectivity index (χ3n) is 7.08. The second kappa shape index (κ2) is 12.2. The van der Waals surface area contributed by atoms with E-state index >= 15 is 0 Å². The molecule has 0 unspecified atom stereocenters. The number of hydrogen-bond donors (Lipinski definition) is 1. The van der Waals surface area contributed by atoms with Crippen molar-refractivity contribution in [3.63, 3.8) is 0 Å². The Morgan fingerprint density at radius 2 is 1.92 bits per heavy atom. The predicted octanol–water partition coefficient (Wildman–Crippen LogP) is 3.52. The second-order valence-corrected chi connectivity index (χ2v) is 10.6. The van der Waals surface area contributed by atoms with E-state index in [0.717, 1.165) is 41.2 Å². The van der Waals surface area contributed by atoms with E-state index in [1.807, 2.05) is 49.1 Å². The molecule has 2 aliphatic heterocycles. The molecule has 0 aliphatic carbocycles. The number of ether oxygens (including phenoxy) is 2. The topological polar surface area (TPSA) is 84.0 Å². The zero-order valence-electron chi connectivity index (χ0n) is 22.0. The van der Waals surface area contributed by atoms with Crippen LogP contribution in [0.3, 0.4) is 0 Å². The van der Waals surface area contributed by atoms with Crippen molar-refractivity contribution >= 4 is 23.4 Å². The van der Waals surface area contributed by atoms with E-state index in [1.54, 1.807) is 6.20 Å². The molecule has 2 saturated heterocycles. The standard InChI is InChI=1S/C28H37ClN4O4/c1-20-14-25(15-21(2)27(20)29)36-19-28(16-26(35)33-10-7-23(8-11-33)31-22(3)34)18-32(12-13-37-28)17-24-6-4-5-9-30-24/h4-6,9,14-15,23H,7-8,10-13,16-19H2,1-3H3,(H,31,34)/t28-/m1/s1. The van der Waals surface area contributed by atoms with Gasteiger partial charge in [-0.05, 0) is 62.1 Å². The Balaban J connectivity index is 1.47. The third-order valence-corrected chi connectivity index (χ3v) is 7.68. The molecule has 0 radical (unpaired) electrons. The molecule has 0 saturated carbocycles. The van der Waals surface area contributed by atoms with Crippen LogP contribution in [0.25, 0.3) is 0 Å². The summed E-state index contributed by atoms with van der Waals surface area (Å²) in [7, 11) is 0. The number of likely N-dealkylation sites (tertiary alicyclic amines) is 1. The van der Waals surface area contributed by atoms with Crippen molar-refractivity contribution in [1.82, 2.24) is 20.1 Å². The lowest BCUT2D eigenvalue weighted by atomic mass is 9.95. The van der Waals surface area contributed by atoms with E-state index in [4.69, 9.17) is 21.1 Å². The van der Waals surface area contributed by atoms with Gasteiger partial charge in [0.1, 0.15) is 18.0 Å². The van der Waals surface area contributed by atoms with Gasteiger partial charge in [0.25, 0.3) is 0 Å². The van der Waals surface area contributed by atoms with Crippen LogP contribution in [0.1, 0.15) is 43.0 Å². The number of rotatable bonds is 8. The molecule has 4 rings (SSSR count). The van der Waals surface area contributed by atoms with Gasteiger partial charge in [0, 0.05) is 56.9 Å². The van der Waals surface area contributed by atoms with E-state index in [2.05, 4.69) is 15.2 Å². The van der Waals surface area contributed by atoms with Gasteiger partial charge in [-0.1, -0.05) is 17.7 Å². The number of benzene rings is 1. The normalized spacial score (nSPS) is 21.0. The lowest BCUT2D eigenvalue weighted by Gasteiger charge is -2.43. The Bertz CT molecular complexity index is 1070. The molecule has 37 heavy (non-hydrogen) atoms. The molecule has 1 aromatic carbocycles. The first-order chi connectivity index (χ1) is 17.7. The molecule has 8 nitrogen and oxygen atoms in total. The van der Waals surface area contributed by atoms with Crippen LogP contribution < -0.4 is 10.1 Å². The maximum atomic E-state index is 13.5. The van der Waals surface area contributed by atoms with Crippen molar-refractivity contribution in [2.24, 2.45) is 0 Å². The largest absolute Gasteiger partial charge is 0.490 e. The number of carbonyl (C=O) groups is 2. The average molecular weight is 529 g/mol. The molecule has 1 atom stereocenters. The lowest BCUT2D eigenvalue weighted by molar-refractivity contribution is -0.157. The fourth-order valence-corrected chi connectivity index (χ4v) is 5.29. The van der Waals surface area contributed by atoms with Gasteiger partial charge in [-0.25, -0.2) is 0 Å². The summed E-state index contributed by atoms with van der Waals surface area (Å²) in [5.41, 5.74) is 2.09. The number of halogens is 1. The highest BCUT2D eigenvalue weighted by atomic mass is 35.5. The summed E-state index contributed by atoms with van der Waals surface area (Å²) < 4.78 is 12.6. The smallest absolute Gasteiger partial charge is 0.225 e. The number of aromatic nitrogens is 1. The van der Waals surface area contributed by atoms with E-state index in [1.165, 1.54) is 6.92 Å². The lowest BCUT2D eigenvalue weighted by Crippen LogP contribution is -2.57. The Morgan fingerprint density at radius 1 is 1.19 bits per heavy atom. The van der Waals surface area contributed by atoms with Crippen LogP contribution >= 0.6 is 11.6 Å². The highest BCUT2D eigenvalue weighted by molar-refractivity contribution is 6.32. The Labute approximate surface area is 224 Å². The maximum Gasteiger partial charge on any atom is 0.225 e. The SMILES string of the molecule is CC(=O)NC1CCN(C(=O)C[C@]2(COc3cc(C)c(Cl)c(C)c3)CN(Cc3ccccn3)CCO2)CC1. The minimum absolute atomic E-state index is 0.0304. The average Bonchev–Trinajstić information content (AvgIpc) is 2.87. The zero-order valence-corrected chi connectivity index (χ0v) is 22.7. The number of nitrogens with one attached hydrogen (secondary N) is 1. The molecule has 1 N–H and O–H groups in total. The predicted molar refractivity (Wildman–Crippen MR) is 143 cm³/mol. The van der Waals surface area contributed by atoms with Gasteiger partial charge in [0.15, 0.2) is 0 Å². The van der Waals surface area contributed by atoms with Crippen molar-refractivity contribution in [2.45, 2.75) is 58.2 Å². The minimum atomic E-state index is -0.792. The van der Waals surface area contributed by atoms with Gasteiger partial charge in [-0.3, -0.25) is 19.5 Å². The van der Waals surface area contributed by atoms with Gasteiger partial charge in [-0.15, -0.1) is 0 Å². The van der Waals surface area contributed by atoms with Crippen molar-refractivity contribution in [2.75, 3.05) is 39.4 Å². The first-order valence-corrected chi connectivity index (χ1v) is 13.3. The Kier molecular flexibility index (Phi) is 9.05. The molecule has 2 amide bonds. The minimum Gasteiger partial charge on any atom is -0.490 e. The monoisotopic (exact) mass is 528 g/mol. The highest BCUT2D eigenvalue weighted by Gasteiger charge is 2.41. The highest BCUT2D eigenvalue weighted by Crippen LogP contribution is 2.30. The number of amides is 2. The van der Waals surface area contributed by atoms with E-state index in [9.17, 15) is 9.59 Å². The van der Waals surface area contributed by atoms with Crippen LogP contribution in [-0.4, -0.2) is 77.6 Å². The summed E-state index contributed by atoms with van der Waals surface area (Å²) in [5, 5.41) is 3.70. The number of morpholine rings is 1. The van der Waals surface area contributed by atoms with Crippen LogP contribution in [0.2, 0.25) is 5.02 Å². The third kappa shape index (κ3) is 7.43. The molecule has 0 bridgehead atoms. The van der Waals surface area contributed by atoms with Gasteiger partial charge in [0.05, 0.1) is 18.7 Å². The number of nitrogens with zero attached hydrogens (tertiary/aromatic N) is 3. The molecule has 0 spiro atoms. The van der Waals surface area contributed by atoms with Crippen LogP contribution in [0.4, 0.5) is 0 Å². The summed E-state index contributed by atoms with van der Waals surface area (Å²) in [6, 6.07) is 9.87. The van der Waals surface area contributed by atoms with E-state index < -0.39 is 5.60 Å². The van der Waals surface area contributed by atoms with Gasteiger partial charge < -0.3 is 19.7 Å². The molecule has 1 aromatic heterocycles. The van der Waals surface area contributed by atoms with Crippen LogP contribution in [0.5, 0.6) is 5.75 Å². The van der Waals surface area contributed by atoms with Gasteiger partial charge in [0.2, 0.25) is 11.8 Å². The van der Waals surface area contributed by atoms with Crippen molar-refractivity contribution in [3.05, 3.63) is 58.4 Å². The fraction of sp³-hybridized carbons (Fsp3) is 0.536. The van der Waals surface area contributed by atoms with E-state index in [0.29, 0.717) is 38.5 Å². The molecular weight excluding hydrogens is 492 g/mol. The Morgan fingerprint density at radius 3 is 2.57 bits per heavy atom. The number of hydrogen-bond acceptors (Lipinski definition) is 6. The molecule has 9 heteroatoms. The summed E-state index contributed by atoms with van der Waals surface area (Å²) in [6.07, 6.45) is 3.53. The van der Waals surface area contributed by atoms with Gasteiger partial charge >= 0.3 is 0 Å². The molecule has 2 aromatic rings. The first-order valence-electron chi connectivity index (χ1n) is 12.9. The number of aryl methyl sites for hydroxylation is 2. The Hall–Kier alpha value is -2.68. The summed E-state index contributed by atoms with van der Waals surface area (Å²) in [5.74, 6) is 0.734. The molecular formula is C28H37ClN4O4.